The van der Waals surface area contributed by atoms with E-state index in [1.807, 2.05) is 0 Å². The van der Waals surface area contributed by atoms with Crippen molar-refractivity contribution < 1.29 is 13.9 Å². The van der Waals surface area contributed by atoms with Crippen LogP contribution in [-0.2, 0) is 6.61 Å². The maximum absolute atomic E-state index is 12.4. The number of halogens is 2. The minimum atomic E-state index is -2.65. The van der Waals surface area contributed by atoms with Crippen molar-refractivity contribution in [3.63, 3.8) is 0 Å². The molecule has 0 aliphatic carbocycles. The van der Waals surface area contributed by atoms with Crippen molar-refractivity contribution in [3.8, 4) is 6.07 Å². The van der Waals surface area contributed by atoms with E-state index in [0.29, 0.717) is 0 Å². The van der Waals surface area contributed by atoms with Crippen LogP contribution >= 0.6 is 0 Å². The first-order chi connectivity index (χ1) is 6.60. The first-order valence-corrected chi connectivity index (χ1v) is 3.89. The van der Waals surface area contributed by atoms with Crippen LogP contribution in [0.15, 0.2) is 6.07 Å². The molecule has 0 fully saturated rings. The molecule has 0 aliphatic heterocycles. The average molecular weight is 198 g/mol. The molecule has 14 heavy (non-hydrogen) atoms. The molecule has 1 heterocycles. The molecule has 1 aromatic heterocycles. The van der Waals surface area contributed by atoms with Gasteiger partial charge in [0.2, 0.25) is 0 Å². The summed E-state index contributed by atoms with van der Waals surface area (Å²) in [6, 6.07) is 2.78. The first kappa shape index (κ1) is 10.5. The van der Waals surface area contributed by atoms with Gasteiger partial charge in [-0.05, 0) is 13.0 Å². The number of rotatable bonds is 2. The lowest BCUT2D eigenvalue weighted by molar-refractivity contribution is 0.150. The summed E-state index contributed by atoms with van der Waals surface area (Å²) < 4.78 is 24.7. The number of aliphatic hydroxyl groups is 1. The Bertz CT molecular complexity index is 385. The molecule has 0 saturated heterocycles. The molecule has 1 aromatic rings. The number of aliphatic hydroxyl groups excluding tert-OH is 1. The molecule has 0 atom stereocenters. The van der Waals surface area contributed by atoms with Gasteiger partial charge in [0.15, 0.2) is 0 Å². The molecular formula is C9H8F2N2O. The second kappa shape index (κ2) is 4.11. The Balaban J connectivity index is 3.32. The van der Waals surface area contributed by atoms with E-state index in [1.54, 1.807) is 6.07 Å². The van der Waals surface area contributed by atoms with Gasteiger partial charge in [0.05, 0.1) is 17.9 Å². The normalized spacial score (nSPS) is 10.3. The van der Waals surface area contributed by atoms with Crippen LogP contribution in [0.5, 0.6) is 0 Å². The Labute approximate surface area is 79.6 Å². The van der Waals surface area contributed by atoms with Gasteiger partial charge in [-0.25, -0.2) is 8.78 Å². The summed E-state index contributed by atoms with van der Waals surface area (Å²) in [7, 11) is 0. The second-order valence-electron chi connectivity index (χ2n) is 2.73. The van der Waals surface area contributed by atoms with Crippen molar-refractivity contribution in [1.29, 1.82) is 5.26 Å². The predicted octanol–water partition coefficient (Wildman–Crippen LogP) is 1.69. The number of aromatic nitrogens is 1. The molecule has 0 aliphatic rings. The Morgan fingerprint density at radius 3 is 2.71 bits per heavy atom. The molecule has 0 radical (unpaired) electrons. The molecule has 74 valence electrons. The number of aryl methyl sites for hydroxylation is 1. The standard InChI is InChI=1S/C9H8F2N2O/c1-5-7(9(10)11)2-6(3-12)8(4-14)13-5/h2,9,14H,4H2,1H3. The van der Waals surface area contributed by atoms with E-state index < -0.39 is 13.0 Å². The largest absolute Gasteiger partial charge is 0.390 e. The van der Waals surface area contributed by atoms with Crippen LogP contribution in [0.2, 0.25) is 0 Å². The molecule has 0 saturated carbocycles. The Morgan fingerprint density at radius 2 is 2.29 bits per heavy atom. The number of hydrogen-bond acceptors (Lipinski definition) is 3. The van der Waals surface area contributed by atoms with Gasteiger partial charge in [-0.15, -0.1) is 0 Å². The third-order valence-corrected chi connectivity index (χ3v) is 1.84. The Morgan fingerprint density at radius 1 is 1.64 bits per heavy atom. The SMILES string of the molecule is Cc1nc(CO)c(C#N)cc1C(F)F. The molecule has 0 bridgehead atoms. The molecule has 0 aromatic carbocycles. The molecule has 5 heteroatoms. The van der Waals surface area contributed by atoms with Crippen LogP contribution < -0.4 is 0 Å². The van der Waals surface area contributed by atoms with Gasteiger partial charge in [-0.1, -0.05) is 0 Å². The van der Waals surface area contributed by atoms with Crippen molar-refractivity contribution in [1.82, 2.24) is 4.98 Å². The number of alkyl halides is 2. The Hall–Kier alpha value is -1.54. The predicted molar refractivity (Wildman–Crippen MR) is 44.6 cm³/mol. The Kier molecular flexibility index (Phi) is 3.10. The van der Waals surface area contributed by atoms with E-state index in [9.17, 15) is 8.78 Å². The van der Waals surface area contributed by atoms with E-state index in [-0.39, 0.29) is 22.5 Å². The van der Waals surface area contributed by atoms with E-state index in [0.717, 1.165) is 6.07 Å². The van der Waals surface area contributed by atoms with Crippen LogP contribution in [0.25, 0.3) is 0 Å². The summed E-state index contributed by atoms with van der Waals surface area (Å²) in [5, 5.41) is 17.4. The monoisotopic (exact) mass is 198 g/mol. The highest BCUT2D eigenvalue weighted by molar-refractivity contribution is 5.38. The lowest BCUT2D eigenvalue weighted by atomic mass is 10.1. The van der Waals surface area contributed by atoms with E-state index in [2.05, 4.69) is 4.98 Å². The first-order valence-electron chi connectivity index (χ1n) is 3.89. The fourth-order valence-electron chi connectivity index (χ4n) is 1.11. The topological polar surface area (TPSA) is 56.9 Å². The summed E-state index contributed by atoms with van der Waals surface area (Å²) >= 11 is 0. The number of nitrogens with zero attached hydrogens (tertiary/aromatic N) is 2. The van der Waals surface area contributed by atoms with Gasteiger partial charge >= 0.3 is 0 Å². The highest BCUT2D eigenvalue weighted by Gasteiger charge is 2.15. The molecule has 1 rings (SSSR count). The molecule has 0 spiro atoms. The van der Waals surface area contributed by atoms with Gasteiger partial charge in [0.1, 0.15) is 6.07 Å². The van der Waals surface area contributed by atoms with Crippen LogP contribution in [0.3, 0.4) is 0 Å². The van der Waals surface area contributed by atoms with Crippen molar-refractivity contribution in [2.75, 3.05) is 0 Å². The van der Waals surface area contributed by atoms with Crippen LogP contribution in [0.1, 0.15) is 28.9 Å². The van der Waals surface area contributed by atoms with Gasteiger partial charge in [0.25, 0.3) is 6.43 Å². The van der Waals surface area contributed by atoms with Crippen molar-refractivity contribution in [3.05, 3.63) is 28.6 Å². The smallest absolute Gasteiger partial charge is 0.265 e. The second-order valence-corrected chi connectivity index (χ2v) is 2.73. The van der Waals surface area contributed by atoms with Gasteiger partial charge in [0, 0.05) is 11.3 Å². The molecule has 0 unspecified atom stereocenters. The van der Waals surface area contributed by atoms with Crippen LogP contribution in [-0.4, -0.2) is 10.1 Å². The minimum Gasteiger partial charge on any atom is -0.390 e. The summed E-state index contributed by atoms with van der Waals surface area (Å²) in [4.78, 5) is 3.73. The number of nitriles is 1. The quantitative estimate of drug-likeness (QED) is 0.786. The lowest BCUT2D eigenvalue weighted by Gasteiger charge is -2.07. The maximum atomic E-state index is 12.4. The third-order valence-electron chi connectivity index (χ3n) is 1.84. The third kappa shape index (κ3) is 1.86. The summed E-state index contributed by atoms with van der Waals surface area (Å²) in [5.74, 6) is 0. The zero-order valence-electron chi connectivity index (χ0n) is 7.46. The zero-order valence-corrected chi connectivity index (χ0v) is 7.46. The summed E-state index contributed by atoms with van der Waals surface area (Å²) in [6.45, 7) is 0.995. The molecule has 1 N–H and O–H groups in total. The fraction of sp³-hybridized carbons (Fsp3) is 0.333. The van der Waals surface area contributed by atoms with Gasteiger partial charge < -0.3 is 5.11 Å². The van der Waals surface area contributed by atoms with Crippen LogP contribution in [0, 0.1) is 18.3 Å². The van der Waals surface area contributed by atoms with Gasteiger partial charge in [-0.3, -0.25) is 4.98 Å². The lowest BCUT2D eigenvalue weighted by Crippen LogP contribution is -2.01. The zero-order chi connectivity index (χ0) is 10.7. The highest BCUT2D eigenvalue weighted by Crippen LogP contribution is 2.23. The summed E-state index contributed by atoms with van der Waals surface area (Å²) in [5.41, 5.74) is 0.00426. The fourth-order valence-corrected chi connectivity index (χ4v) is 1.11. The van der Waals surface area contributed by atoms with E-state index >= 15 is 0 Å². The minimum absolute atomic E-state index is 0.00611. The van der Waals surface area contributed by atoms with Crippen molar-refractivity contribution in [2.24, 2.45) is 0 Å². The molecule has 3 nitrogen and oxygen atoms in total. The van der Waals surface area contributed by atoms with Crippen molar-refractivity contribution in [2.45, 2.75) is 20.0 Å². The van der Waals surface area contributed by atoms with E-state index in [1.165, 1.54) is 6.92 Å². The highest BCUT2D eigenvalue weighted by atomic mass is 19.3. The van der Waals surface area contributed by atoms with Gasteiger partial charge in [-0.2, -0.15) is 5.26 Å². The molecule has 0 amide bonds. The molecular weight excluding hydrogens is 190 g/mol. The van der Waals surface area contributed by atoms with Crippen LogP contribution in [0.4, 0.5) is 8.78 Å². The summed E-state index contributed by atoms with van der Waals surface area (Å²) in [6.07, 6.45) is -2.65. The number of hydrogen-bond donors (Lipinski definition) is 1. The van der Waals surface area contributed by atoms with Crippen molar-refractivity contribution >= 4 is 0 Å². The maximum Gasteiger partial charge on any atom is 0.265 e. The number of pyridine rings is 1. The van der Waals surface area contributed by atoms with E-state index in [4.69, 9.17) is 10.4 Å². The average Bonchev–Trinajstić information content (AvgIpc) is 2.16.